The third kappa shape index (κ3) is 1.92. The van der Waals surface area contributed by atoms with Crippen molar-refractivity contribution in [2.24, 2.45) is 0 Å². The van der Waals surface area contributed by atoms with E-state index in [-0.39, 0.29) is 11.9 Å². The molecule has 1 fully saturated rings. The van der Waals surface area contributed by atoms with Gasteiger partial charge in [-0.15, -0.1) is 10.2 Å². The van der Waals surface area contributed by atoms with Gasteiger partial charge in [-0.3, -0.25) is 10.1 Å². The molecule has 1 saturated heterocycles. The summed E-state index contributed by atoms with van der Waals surface area (Å²) in [4.78, 5) is 11.0. The Kier molecular flexibility index (Phi) is 2.91. The molecule has 0 radical (unpaired) electrons. The summed E-state index contributed by atoms with van der Waals surface area (Å²) in [5.74, 6) is 1.83. The third-order valence-electron chi connectivity index (χ3n) is 2.73. The average Bonchev–Trinajstić information content (AvgIpc) is 2.61. The number of nitrogens with zero attached hydrogens (tertiary/aromatic N) is 3. The molecule has 0 bridgehead atoms. The Morgan fingerprint density at radius 2 is 2.19 bits per heavy atom. The van der Waals surface area contributed by atoms with Crippen LogP contribution in [0.1, 0.15) is 37.6 Å². The van der Waals surface area contributed by atoms with E-state index in [0.29, 0.717) is 19.1 Å². The number of rotatable bonds is 2. The van der Waals surface area contributed by atoms with Crippen LogP contribution in [-0.2, 0) is 4.79 Å². The Hall–Kier alpha value is -1.43. The van der Waals surface area contributed by atoms with Crippen LogP contribution in [0.2, 0.25) is 0 Å². The van der Waals surface area contributed by atoms with E-state index < -0.39 is 0 Å². The Balaban J connectivity index is 2.23. The van der Waals surface area contributed by atoms with Gasteiger partial charge in [0.2, 0.25) is 5.91 Å². The molecule has 0 aliphatic carbocycles. The maximum Gasteiger partial charge on any atom is 0.234 e. The fourth-order valence-corrected chi connectivity index (χ4v) is 2.01. The fraction of sp³-hybridized carbons (Fsp3) is 0.700. The molecule has 88 valence electrons. The lowest BCUT2D eigenvalue weighted by molar-refractivity contribution is -0.121. The van der Waals surface area contributed by atoms with Gasteiger partial charge in [0.15, 0.2) is 5.82 Å². The quantitative estimate of drug-likeness (QED) is 0.736. The maximum absolute atomic E-state index is 11.0. The highest BCUT2D eigenvalue weighted by Crippen LogP contribution is 2.17. The zero-order valence-corrected chi connectivity index (χ0v) is 9.82. The molecule has 0 spiro atoms. The summed E-state index contributed by atoms with van der Waals surface area (Å²) in [7, 11) is 0. The summed E-state index contributed by atoms with van der Waals surface area (Å²) in [6, 6.07) is 0.380. The molecule has 6 nitrogen and oxygen atoms in total. The Bertz CT molecular complexity index is 388. The van der Waals surface area contributed by atoms with E-state index in [2.05, 4.69) is 39.2 Å². The number of hydrogen-bond donors (Lipinski definition) is 2. The predicted molar refractivity (Wildman–Crippen MR) is 58.9 cm³/mol. The third-order valence-corrected chi connectivity index (χ3v) is 2.73. The van der Waals surface area contributed by atoms with Gasteiger partial charge in [-0.05, 0) is 20.8 Å². The molecule has 2 rings (SSSR count). The number of carbonyl (C=O) groups excluding carboxylic acids is 1. The molecular weight excluding hydrogens is 206 g/mol. The van der Waals surface area contributed by atoms with Crippen LogP contribution in [0.3, 0.4) is 0 Å². The summed E-state index contributed by atoms with van der Waals surface area (Å²) in [5.41, 5.74) is 0. The van der Waals surface area contributed by atoms with Crippen LogP contribution < -0.4 is 10.6 Å². The number of aromatic nitrogens is 3. The van der Waals surface area contributed by atoms with Gasteiger partial charge in [0.1, 0.15) is 5.82 Å². The van der Waals surface area contributed by atoms with Gasteiger partial charge < -0.3 is 9.88 Å². The molecule has 2 N–H and O–H groups in total. The topological polar surface area (TPSA) is 71.8 Å². The number of piperazine rings is 1. The molecule has 1 atom stereocenters. The van der Waals surface area contributed by atoms with E-state index in [1.54, 1.807) is 0 Å². The van der Waals surface area contributed by atoms with E-state index in [9.17, 15) is 4.79 Å². The smallest absolute Gasteiger partial charge is 0.234 e. The van der Waals surface area contributed by atoms with Gasteiger partial charge in [0.25, 0.3) is 0 Å². The van der Waals surface area contributed by atoms with Crippen LogP contribution in [0.4, 0.5) is 0 Å². The van der Waals surface area contributed by atoms with Crippen LogP contribution in [0.15, 0.2) is 0 Å². The highest BCUT2D eigenvalue weighted by atomic mass is 16.2. The van der Waals surface area contributed by atoms with Crippen LogP contribution in [-0.4, -0.2) is 33.8 Å². The van der Waals surface area contributed by atoms with Crippen LogP contribution >= 0.6 is 0 Å². The summed E-state index contributed by atoms with van der Waals surface area (Å²) in [5, 5.41) is 14.3. The second-order valence-electron chi connectivity index (χ2n) is 4.31. The zero-order chi connectivity index (χ0) is 11.7. The van der Waals surface area contributed by atoms with Crippen molar-refractivity contribution in [2.75, 3.05) is 13.1 Å². The number of nitrogens with one attached hydrogen (secondary N) is 2. The van der Waals surface area contributed by atoms with E-state index in [4.69, 9.17) is 0 Å². The lowest BCUT2D eigenvalue weighted by Gasteiger charge is -2.25. The Morgan fingerprint density at radius 1 is 1.44 bits per heavy atom. The van der Waals surface area contributed by atoms with E-state index >= 15 is 0 Å². The van der Waals surface area contributed by atoms with Crippen LogP contribution in [0.5, 0.6) is 0 Å². The van der Waals surface area contributed by atoms with Gasteiger partial charge in [0.05, 0.1) is 12.6 Å². The molecule has 1 unspecified atom stereocenters. The Morgan fingerprint density at radius 3 is 2.75 bits per heavy atom. The summed E-state index contributed by atoms with van der Waals surface area (Å²) < 4.78 is 2.09. The van der Waals surface area contributed by atoms with Crippen LogP contribution in [0.25, 0.3) is 0 Å². The summed E-state index contributed by atoms with van der Waals surface area (Å²) in [6.07, 6.45) is 0. The lowest BCUT2D eigenvalue weighted by atomic mass is 10.2. The summed E-state index contributed by atoms with van der Waals surface area (Å²) >= 11 is 0. The van der Waals surface area contributed by atoms with Gasteiger partial charge in [-0.25, -0.2) is 0 Å². The van der Waals surface area contributed by atoms with Crippen molar-refractivity contribution < 1.29 is 4.79 Å². The normalized spacial score (nSPS) is 21.2. The minimum atomic E-state index is 0.0311. The highest BCUT2D eigenvalue weighted by molar-refractivity contribution is 5.78. The second-order valence-corrected chi connectivity index (χ2v) is 4.31. The summed E-state index contributed by atoms with van der Waals surface area (Å²) in [6.45, 7) is 7.05. The molecule has 1 aliphatic rings. The monoisotopic (exact) mass is 223 g/mol. The molecule has 16 heavy (non-hydrogen) atoms. The van der Waals surface area contributed by atoms with Gasteiger partial charge in [-0.2, -0.15) is 0 Å². The maximum atomic E-state index is 11.0. The van der Waals surface area contributed by atoms with Crippen molar-refractivity contribution in [2.45, 2.75) is 32.9 Å². The minimum absolute atomic E-state index is 0.0311. The predicted octanol–water partition coefficient (Wildman–Crippen LogP) is -0.0721. The van der Waals surface area contributed by atoms with Crippen molar-refractivity contribution in [3.05, 3.63) is 11.6 Å². The number of carbonyl (C=O) groups is 1. The first-order valence-electron chi connectivity index (χ1n) is 5.51. The Labute approximate surface area is 94.4 Å². The molecule has 2 heterocycles. The molecule has 1 amide bonds. The number of hydrogen-bond acceptors (Lipinski definition) is 4. The van der Waals surface area contributed by atoms with Crippen molar-refractivity contribution in [1.29, 1.82) is 0 Å². The van der Waals surface area contributed by atoms with Crippen molar-refractivity contribution in [3.8, 4) is 0 Å². The van der Waals surface area contributed by atoms with Gasteiger partial charge in [-0.1, -0.05) is 0 Å². The van der Waals surface area contributed by atoms with Crippen LogP contribution in [0, 0.1) is 6.92 Å². The SMILES string of the molecule is Cc1nnc(C2CNC(=O)CN2)n1C(C)C. The first-order valence-corrected chi connectivity index (χ1v) is 5.51. The van der Waals surface area contributed by atoms with Gasteiger partial charge >= 0.3 is 0 Å². The molecule has 1 aliphatic heterocycles. The minimum Gasteiger partial charge on any atom is -0.353 e. The zero-order valence-electron chi connectivity index (χ0n) is 9.82. The fourth-order valence-electron chi connectivity index (χ4n) is 2.01. The van der Waals surface area contributed by atoms with Gasteiger partial charge in [0, 0.05) is 12.6 Å². The van der Waals surface area contributed by atoms with Crippen molar-refractivity contribution in [1.82, 2.24) is 25.4 Å². The van der Waals surface area contributed by atoms with E-state index in [1.807, 2.05) is 6.92 Å². The molecule has 1 aromatic heterocycles. The first kappa shape index (κ1) is 11.1. The molecule has 1 aromatic rings. The molecule has 6 heteroatoms. The van der Waals surface area contributed by atoms with Crippen molar-refractivity contribution in [3.63, 3.8) is 0 Å². The second kappa shape index (κ2) is 4.21. The van der Waals surface area contributed by atoms with E-state index in [1.165, 1.54) is 0 Å². The number of aryl methyl sites for hydroxylation is 1. The largest absolute Gasteiger partial charge is 0.353 e. The molecule has 0 saturated carbocycles. The lowest BCUT2D eigenvalue weighted by Crippen LogP contribution is -2.47. The van der Waals surface area contributed by atoms with Crippen molar-refractivity contribution >= 4 is 5.91 Å². The molecule has 0 aromatic carbocycles. The molecular formula is C10H17N5O. The number of amides is 1. The average molecular weight is 223 g/mol. The van der Waals surface area contributed by atoms with E-state index in [0.717, 1.165) is 11.6 Å². The highest BCUT2D eigenvalue weighted by Gasteiger charge is 2.25. The first-order chi connectivity index (χ1) is 7.59. The standard InChI is InChI=1S/C10H17N5O/c1-6(2)15-7(3)13-14-10(15)8-4-12-9(16)5-11-8/h6,8,11H,4-5H2,1-3H3,(H,12,16).